The van der Waals surface area contributed by atoms with Crippen LogP contribution in [0.5, 0.6) is 0 Å². The van der Waals surface area contributed by atoms with E-state index >= 15 is 0 Å². The Morgan fingerprint density at radius 1 is 1.40 bits per heavy atom. The second-order valence-electron chi connectivity index (χ2n) is 3.81. The van der Waals surface area contributed by atoms with Crippen molar-refractivity contribution >= 4 is 44.9 Å². The van der Waals surface area contributed by atoms with Gasteiger partial charge in [0.05, 0.1) is 10.7 Å². The molecule has 0 aromatic heterocycles. The number of rotatable bonds is 3. The van der Waals surface area contributed by atoms with Crippen molar-refractivity contribution in [3.05, 3.63) is 33.8 Å². The second kappa shape index (κ2) is 4.86. The molecule has 0 heterocycles. The summed E-state index contributed by atoms with van der Waals surface area (Å²) in [7, 11) is 0. The molecule has 0 atom stereocenters. The van der Waals surface area contributed by atoms with Crippen molar-refractivity contribution in [3.63, 3.8) is 0 Å². The van der Waals surface area contributed by atoms with E-state index in [2.05, 4.69) is 15.9 Å². The number of halogens is 3. The normalized spacial score (nSPS) is 11.5. The lowest BCUT2D eigenvalue weighted by molar-refractivity contribution is -0.120. The van der Waals surface area contributed by atoms with Crippen molar-refractivity contribution in [2.45, 2.75) is 19.3 Å². The van der Waals surface area contributed by atoms with Crippen molar-refractivity contribution in [3.8, 4) is 0 Å². The van der Waals surface area contributed by atoms with Gasteiger partial charge in [-0.05, 0) is 31.5 Å². The van der Waals surface area contributed by atoms with Gasteiger partial charge in [-0.2, -0.15) is 0 Å². The third-order valence-corrected chi connectivity index (χ3v) is 3.48. The highest BCUT2D eigenvalue weighted by Gasteiger charge is 2.30. The summed E-state index contributed by atoms with van der Waals surface area (Å²) in [5, 5.41) is 1.42. The highest BCUT2D eigenvalue weighted by molar-refractivity contribution is 9.09. The van der Waals surface area contributed by atoms with E-state index in [1.807, 2.05) is 13.8 Å². The fraction of sp³-hybridized carbons (Fsp3) is 0.364. The molecule has 0 bridgehead atoms. The number of carbonyl (C=O) groups excluding carboxylic acids is 1. The highest BCUT2D eigenvalue weighted by atomic mass is 79.9. The smallest absolute Gasteiger partial charge is 0.153 e. The molecule has 82 valence electrons. The first-order valence-corrected chi connectivity index (χ1v) is 6.32. The van der Waals surface area contributed by atoms with Gasteiger partial charge in [-0.3, -0.25) is 4.79 Å². The van der Waals surface area contributed by atoms with Crippen LogP contribution in [0.4, 0.5) is 0 Å². The first-order chi connectivity index (χ1) is 6.89. The summed E-state index contributed by atoms with van der Waals surface area (Å²) in [6, 6.07) is 5.19. The number of hydrogen-bond donors (Lipinski definition) is 0. The van der Waals surface area contributed by atoms with Gasteiger partial charge in [0, 0.05) is 10.0 Å². The van der Waals surface area contributed by atoms with Crippen molar-refractivity contribution < 1.29 is 4.79 Å². The number of alkyl halides is 1. The van der Waals surface area contributed by atoms with Crippen LogP contribution in [0.15, 0.2) is 18.2 Å². The Labute approximate surface area is 108 Å². The third kappa shape index (κ3) is 2.74. The zero-order chi connectivity index (χ0) is 11.6. The summed E-state index contributed by atoms with van der Waals surface area (Å²) < 4.78 is 0. The van der Waals surface area contributed by atoms with Gasteiger partial charge in [-0.25, -0.2) is 0 Å². The van der Waals surface area contributed by atoms with Gasteiger partial charge in [-0.1, -0.05) is 45.2 Å². The molecule has 1 aromatic rings. The number of Topliss-reactive ketones (excluding diaryl/α,β-unsaturated/α-hetero) is 1. The Morgan fingerprint density at radius 2 is 2.00 bits per heavy atom. The zero-order valence-electron chi connectivity index (χ0n) is 8.48. The molecule has 0 saturated heterocycles. The zero-order valence-corrected chi connectivity index (χ0v) is 11.6. The Balaban J connectivity index is 3.21. The van der Waals surface area contributed by atoms with Crippen LogP contribution in [0.3, 0.4) is 0 Å². The summed E-state index contributed by atoms with van der Waals surface area (Å²) in [5.41, 5.74) is 0.212. The Bertz CT molecular complexity index is 388. The summed E-state index contributed by atoms with van der Waals surface area (Å²) >= 11 is 15.0. The Kier molecular flexibility index (Phi) is 4.21. The fourth-order valence-corrected chi connectivity index (χ4v) is 2.66. The van der Waals surface area contributed by atoms with Gasteiger partial charge in [0.2, 0.25) is 0 Å². The van der Waals surface area contributed by atoms with Crippen molar-refractivity contribution in [1.82, 2.24) is 0 Å². The van der Waals surface area contributed by atoms with Crippen molar-refractivity contribution in [2.24, 2.45) is 0 Å². The van der Waals surface area contributed by atoms with Crippen LogP contribution in [0.2, 0.25) is 10.0 Å². The van der Waals surface area contributed by atoms with Gasteiger partial charge < -0.3 is 0 Å². The first kappa shape index (κ1) is 13.0. The largest absolute Gasteiger partial charge is 0.298 e. The molecule has 0 spiro atoms. The molecule has 4 heteroatoms. The molecular weight excluding hydrogens is 299 g/mol. The lowest BCUT2D eigenvalue weighted by atomic mass is 9.81. The van der Waals surface area contributed by atoms with E-state index in [0.29, 0.717) is 15.4 Å². The predicted octanol–water partition coefficient (Wildman–Crippen LogP) is 4.24. The molecule has 0 aliphatic rings. The molecule has 0 amide bonds. The predicted molar refractivity (Wildman–Crippen MR) is 68.3 cm³/mol. The van der Waals surface area contributed by atoms with E-state index in [0.717, 1.165) is 5.56 Å². The third-order valence-electron chi connectivity index (χ3n) is 2.42. The van der Waals surface area contributed by atoms with Gasteiger partial charge in [-0.15, -0.1) is 0 Å². The topological polar surface area (TPSA) is 17.1 Å². The maximum atomic E-state index is 11.7. The molecule has 1 rings (SSSR count). The number of hydrogen-bond acceptors (Lipinski definition) is 1. The van der Waals surface area contributed by atoms with E-state index in [9.17, 15) is 4.79 Å². The lowest BCUT2D eigenvalue weighted by Crippen LogP contribution is -2.30. The maximum Gasteiger partial charge on any atom is 0.153 e. The lowest BCUT2D eigenvalue weighted by Gasteiger charge is -2.23. The minimum atomic E-state index is -0.592. The summed E-state index contributed by atoms with van der Waals surface area (Å²) in [4.78, 5) is 11.7. The van der Waals surface area contributed by atoms with E-state index in [1.165, 1.54) is 0 Å². The SMILES string of the molecule is CC(C)(C(=O)CBr)c1ccc(Cl)cc1Cl. The molecule has 15 heavy (non-hydrogen) atoms. The standard InChI is InChI=1S/C11H11BrCl2O/c1-11(2,10(15)6-12)8-4-3-7(13)5-9(8)14/h3-5H,6H2,1-2H3. The average molecular weight is 310 g/mol. The van der Waals surface area contributed by atoms with Crippen LogP contribution in [-0.4, -0.2) is 11.1 Å². The molecule has 1 nitrogen and oxygen atoms in total. The summed E-state index contributed by atoms with van der Waals surface area (Å²) in [6.45, 7) is 3.71. The maximum absolute atomic E-state index is 11.7. The molecule has 0 aliphatic heterocycles. The number of benzene rings is 1. The Hall–Kier alpha value is -0.0500. The highest BCUT2D eigenvalue weighted by Crippen LogP contribution is 2.32. The average Bonchev–Trinajstić information content (AvgIpc) is 2.15. The molecular formula is C11H11BrCl2O. The molecule has 0 fully saturated rings. The van der Waals surface area contributed by atoms with Crippen LogP contribution in [0.1, 0.15) is 19.4 Å². The van der Waals surface area contributed by atoms with Crippen LogP contribution in [0.25, 0.3) is 0 Å². The fourth-order valence-electron chi connectivity index (χ4n) is 1.31. The monoisotopic (exact) mass is 308 g/mol. The molecule has 0 unspecified atom stereocenters. The van der Waals surface area contributed by atoms with Crippen molar-refractivity contribution in [1.29, 1.82) is 0 Å². The van der Waals surface area contributed by atoms with E-state index in [4.69, 9.17) is 23.2 Å². The van der Waals surface area contributed by atoms with Crippen LogP contribution in [-0.2, 0) is 10.2 Å². The van der Waals surface area contributed by atoms with E-state index in [1.54, 1.807) is 18.2 Å². The minimum Gasteiger partial charge on any atom is -0.298 e. The molecule has 0 radical (unpaired) electrons. The van der Waals surface area contributed by atoms with E-state index in [-0.39, 0.29) is 5.78 Å². The minimum absolute atomic E-state index is 0.0896. The van der Waals surface area contributed by atoms with Crippen molar-refractivity contribution in [2.75, 3.05) is 5.33 Å². The molecule has 0 N–H and O–H groups in total. The van der Waals surface area contributed by atoms with Gasteiger partial charge >= 0.3 is 0 Å². The summed E-state index contributed by atoms with van der Waals surface area (Å²) in [5.74, 6) is 0.0896. The van der Waals surface area contributed by atoms with Gasteiger partial charge in [0.25, 0.3) is 0 Å². The van der Waals surface area contributed by atoms with Gasteiger partial charge in [0.1, 0.15) is 0 Å². The molecule has 0 saturated carbocycles. The number of carbonyl (C=O) groups is 1. The molecule has 0 aliphatic carbocycles. The number of ketones is 1. The first-order valence-electron chi connectivity index (χ1n) is 4.44. The molecule has 1 aromatic carbocycles. The Morgan fingerprint density at radius 3 is 2.47 bits per heavy atom. The van der Waals surface area contributed by atoms with Crippen LogP contribution < -0.4 is 0 Å². The quantitative estimate of drug-likeness (QED) is 0.763. The summed E-state index contributed by atoms with van der Waals surface area (Å²) in [6.07, 6.45) is 0. The second-order valence-corrected chi connectivity index (χ2v) is 5.21. The van der Waals surface area contributed by atoms with Crippen LogP contribution >= 0.6 is 39.1 Å². The van der Waals surface area contributed by atoms with Crippen LogP contribution in [0, 0.1) is 0 Å². The van der Waals surface area contributed by atoms with Gasteiger partial charge in [0.15, 0.2) is 5.78 Å². The van der Waals surface area contributed by atoms with E-state index < -0.39 is 5.41 Å².